The Morgan fingerprint density at radius 3 is 2.56 bits per heavy atom. The van der Waals surface area contributed by atoms with Crippen LogP contribution >= 0.6 is 0 Å². The van der Waals surface area contributed by atoms with Crippen LogP contribution < -0.4 is 5.73 Å². The Labute approximate surface area is 59.3 Å². The van der Waals surface area contributed by atoms with E-state index in [1.54, 1.807) is 6.26 Å². The molecule has 0 saturated heterocycles. The SMILES string of the molecule is CCCC(N)CS(C)=O. The Morgan fingerprint density at radius 2 is 2.22 bits per heavy atom. The predicted octanol–water partition coefficient (Wildman–Crippen LogP) is 0.492. The van der Waals surface area contributed by atoms with Gasteiger partial charge in [0.05, 0.1) is 0 Å². The summed E-state index contributed by atoms with van der Waals surface area (Å²) in [6, 6.07) is 0.140. The van der Waals surface area contributed by atoms with E-state index in [0.29, 0.717) is 5.75 Å². The lowest BCUT2D eigenvalue weighted by atomic mass is 10.2. The lowest BCUT2D eigenvalue weighted by Gasteiger charge is -2.05. The van der Waals surface area contributed by atoms with Crippen LogP contribution in [0.15, 0.2) is 0 Å². The van der Waals surface area contributed by atoms with Crippen LogP contribution in [0.2, 0.25) is 0 Å². The quantitative estimate of drug-likeness (QED) is 0.632. The molecule has 2 unspecified atom stereocenters. The smallest absolute Gasteiger partial charge is 0.0383 e. The van der Waals surface area contributed by atoms with Crippen LogP contribution in [0.25, 0.3) is 0 Å². The molecule has 9 heavy (non-hydrogen) atoms. The van der Waals surface area contributed by atoms with Crippen LogP contribution in [0.5, 0.6) is 0 Å². The van der Waals surface area contributed by atoms with E-state index >= 15 is 0 Å². The van der Waals surface area contributed by atoms with Gasteiger partial charge in [0.2, 0.25) is 0 Å². The molecule has 0 amide bonds. The molecule has 0 radical (unpaired) electrons. The van der Waals surface area contributed by atoms with Gasteiger partial charge >= 0.3 is 0 Å². The summed E-state index contributed by atoms with van der Waals surface area (Å²) in [6.07, 6.45) is 3.76. The first kappa shape index (κ1) is 9.11. The summed E-state index contributed by atoms with van der Waals surface area (Å²) in [5, 5.41) is 0. The van der Waals surface area contributed by atoms with Gasteiger partial charge in [-0.05, 0) is 6.42 Å². The number of rotatable bonds is 4. The monoisotopic (exact) mass is 149 g/mol. The molecule has 56 valence electrons. The van der Waals surface area contributed by atoms with Crippen molar-refractivity contribution in [2.24, 2.45) is 5.73 Å². The maximum Gasteiger partial charge on any atom is 0.0383 e. The van der Waals surface area contributed by atoms with Gasteiger partial charge in [-0.15, -0.1) is 0 Å². The van der Waals surface area contributed by atoms with E-state index in [1.165, 1.54) is 0 Å². The summed E-state index contributed by atoms with van der Waals surface area (Å²) < 4.78 is 10.6. The molecule has 0 aliphatic rings. The van der Waals surface area contributed by atoms with Gasteiger partial charge in [-0.1, -0.05) is 13.3 Å². The van der Waals surface area contributed by atoms with Crippen molar-refractivity contribution < 1.29 is 4.21 Å². The first-order valence-corrected chi connectivity index (χ1v) is 4.95. The molecule has 0 fully saturated rings. The number of hydrogen-bond acceptors (Lipinski definition) is 2. The molecule has 0 heterocycles. The summed E-state index contributed by atoms with van der Waals surface area (Å²) in [7, 11) is -0.722. The van der Waals surface area contributed by atoms with Gasteiger partial charge < -0.3 is 5.73 Å². The average Bonchev–Trinajstić information content (AvgIpc) is 1.63. The zero-order valence-electron chi connectivity index (χ0n) is 6.09. The molecule has 0 spiro atoms. The summed E-state index contributed by atoms with van der Waals surface area (Å²) in [5.41, 5.74) is 5.59. The minimum atomic E-state index is -0.722. The molecule has 3 heteroatoms. The Bertz CT molecular complexity index is 95.1. The first-order valence-electron chi connectivity index (χ1n) is 3.22. The number of nitrogens with two attached hydrogens (primary N) is 1. The molecule has 0 aromatic heterocycles. The Morgan fingerprint density at radius 1 is 1.67 bits per heavy atom. The highest BCUT2D eigenvalue weighted by molar-refractivity contribution is 7.84. The Kier molecular flexibility index (Phi) is 5.00. The van der Waals surface area contributed by atoms with Crippen LogP contribution in [-0.4, -0.2) is 22.3 Å². The molecule has 0 aliphatic carbocycles. The van der Waals surface area contributed by atoms with Crippen molar-refractivity contribution in [3.8, 4) is 0 Å². The lowest BCUT2D eigenvalue weighted by molar-refractivity contribution is 0.640. The van der Waals surface area contributed by atoms with Crippen LogP contribution in [0, 0.1) is 0 Å². The molecule has 2 N–H and O–H groups in total. The van der Waals surface area contributed by atoms with Crippen molar-refractivity contribution in [1.29, 1.82) is 0 Å². The molecule has 0 aromatic carbocycles. The fourth-order valence-corrected chi connectivity index (χ4v) is 1.53. The van der Waals surface area contributed by atoms with Crippen molar-refractivity contribution in [3.63, 3.8) is 0 Å². The van der Waals surface area contributed by atoms with E-state index in [-0.39, 0.29) is 6.04 Å². The van der Waals surface area contributed by atoms with Crippen LogP contribution in [0.4, 0.5) is 0 Å². The highest BCUT2D eigenvalue weighted by Crippen LogP contribution is 1.93. The molecule has 2 atom stereocenters. The van der Waals surface area contributed by atoms with Gasteiger partial charge in [-0.2, -0.15) is 0 Å². The van der Waals surface area contributed by atoms with Crippen molar-refractivity contribution >= 4 is 10.8 Å². The van der Waals surface area contributed by atoms with Crippen molar-refractivity contribution in [1.82, 2.24) is 0 Å². The van der Waals surface area contributed by atoms with E-state index in [0.717, 1.165) is 12.8 Å². The Balaban J connectivity index is 3.26. The van der Waals surface area contributed by atoms with E-state index in [2.05, 4.69) is 6.92 Å². The summed E-state index contributed by atoms with van der Waals surface area (Å²) in [6.45, 7) is 2.08. The highest BCUT2D eigenvalue weighted by atomic mass is 32.2. The van der Waals surface area contributed by atoms with Crippen LogP contribution in [0.1, 0.15) is 19.8 Å². The standard InChI is InChI=1S/C6H15NOS/c1-3-4-6(7)5-9(2)8/h6H,3-5,7H2,1-2H3. The van der Waals surface area contributed by atoms with Crippen LogP contribution in [-0.2, 0) is 10.8 Å². The summed E-state index contributed by atoms with van der Waals surface area (Å²) in [4.78, 5) is 0. The van der Waals surface area contributed by atoms with Gasteiger partial charge in [0.1, 0.15) is 0 Å². The van der Waals surface area contributed by atoms with E-state index in [1.807, 2.05) is 0 Å². The van der Waals surface area contributed by atoms with Gasteiger partial charge in [-0.25, -0.2) is 0 Å². The summed E-state index contributed by atoms with van der Waals surface area (Å²) in [5.74, 6) is 0.647. The Hall–Kier alpha value is 0.110. The minimum Gasteiger partial charge on any atom is -0.327 e. The molecular weight excluding hydrogens is 134 g/mol. The number of hydrogen-bond donors (Lipinski definition) is 1. The van der Waals surface area contributed by atoms with E-state index < -0.39 is 10.8 Å². The van der Waals surface area contributed by atoms with Gasteiger partial charge in [0.25, 0.3) is 0 Å². The van der Waals surface area contributed by atoms with Crippen molar-refractivity contribution in [2.45, 2.75) is 25.8 Å². The fraction of sp³-hybridized carbons (Fsp3) is 1.00. The third kappa shape index (κ3) is 5.99. The lowest BCUT2D eigenvalue weighted by Crippen LogP contribution is -2.26. The molecule has 0 bridgehead atoms. The highest BCUT2D eigenvalue weighted by Gasteiger charge is 2.01. The molecule has 2 nitrogen and oxygen atoms in total. The fourth-order valence-electron chi connectivity index (χ4n) is 0.756. The average molecular weight is 149 g/mol. The zero-order valence-corrected chi connectivity index (χ0v) is 6.91. The second-order valence-corrected chi connectivity index (χ2v) is 3.77. The van der Waals surface area contributed by atoms with Gasteiger partial charge in [0, 0.05) is 28.9 Å². The van der Waals surface area contributed by atoms with Crippen LogP contribution in [0.3, 0.4) is 0 Å². The topological polar surface area (TPSA) is 43.1 Å². The third-order valence-corrected chi connectivity index (χ3v) is 2.01. The summed E-state index contributed by atoms with van der Waals surface area (Å²) >= 11 is 0. The molecule has 0 aromatic rings. The predicted molar refractivity (Wildman–Crippen MR) is 41.8 cm³/mol. The molecule has 0 saturated carbocycles. The molecule has 0 rings (SSSR count). The largest absolute Gasteiger partial charge is 0.327 e. The maximum absolute atomic E-state index is 10.6. The van der Waals surface area contributed by atoms with E-state index in [4.69, 9.17) is 5.73 Å². The second-order valence-electron chi connectivity index (χ2n) is 2.29. The van der Waals surface area contributed by atoms with Crippen molar-refractivity contribution in [3.05, 3.63) is 0 Å². The first-order chi connectivity index (χ1) is 4.16. The molecular formula is C6H15NOS. The second kappa shape index (κ2) is 4.94. The molecule has 0 aliphatic heterocycles. The van der Waals surface area contributed by atoms with Gasteiger partial charge in [0.15, 0.2) is 0 Å². The normalized spacial score (nSPS) is 17.2. The minimum absolute atomic E-state index is 0.140. The third-order valence-electron chi connectivity index (χ3n) is 1.11. The van der Waals surface area contributed by atoms with E-state index in [9.17, 15) is 4.21 Å². The van der Waals surface area contributed by atoms with Gasteiger partial charge in [-0.3, -0.25) is 4.21 Å². The maximum atomic E-state index is 10.6. The van der Waals surface area contributed by atoms with Crippen molar-refractivity contribution in [2.75, 3.05) is 12.0 Å². The zero-order chi connectivity index (χ0) is 7.28.